The molecule has 0 spiro atoms. The molecule has 1 aromatic heterocycles. The van der Waals surface area contributed by atoms with Crippen molar-refractivity contribution in [1.29, 1.82) is 0 Å². The number of nitrogens with zero attached hydrogens (tertiary/aromatic N) is 3. The number of hydrogen-bond acceptors (Lipinski definition) is 5. The van der Waals surface area contributed by atoms with Crippen LogP contribution in [0.5, 0.6) is 0 Å². The van der Waals surface area contributed by atoms with Crippen LogP contribution in [0.15, 0.2) is 35.5 Å². The number of benzene rings is 1. The molecule has 6 heteroatoms. The highest BCUT2D eigenvalue weighted by atomic mass is 32.2. The molecular weight excluding hydrogens is 356 g/mol. The van der Waals surface area contributed by atoms with E-state index in [1.807, 2.05) is 38.1 Å². The maximum Gasteiger partial charge on any atom is 0.251 e. The summed E-state index contributed by atoms with van der Waals surface area (Å²) in [6.07, 6.45) is 1.96. The van der Waals surface area contributed by atoms with Gasteiger partial charge in [-0.1, -0.05) is 37.7 Å². The number of aryl methyl sites for hydroxylation is 1. The van der Waals surface area contributed by atoms with Gasteiger partial charge >= 0.3 is 0 Å². The molecule has 1 aromatic carbocycles. The van der Waals surface area contributed by atoms with Crippen LogP contribution in [0.25, 0.3) is 0 Å². The highest BCUT2D eigenvalue weighted by Gasteiger charge is 2.10. The van der Waals surface area contributed by atoms with Crippen molar-refractivity contribution in [3.8, 4) is 0 Å². The fourth-order valence-electron chi connectivity index (χ4n) is 2.65. The molecule has 1 heterocycles. The van der Waals surface area contributed by atoms with Crippen LogP contribution >= 0.6 is 11.8 Å². The number of carbonyl (C=O) groups is 1. The van der Waals surface area contributed by atoms with E-state index >= 15 is 0 Å². The minimum atomic E-state index is -0.0374. The van der Waals surface area contributed by atoms with Crippen LogP contribution < -0.4 is 10.2 Å². The first-order valence-electron chi connectivity index (χ1n) is 9.54. The summed E-state index contributed by atoms with van der Waals surface area (Å²) in [6, 6.07) is 9.94. The van der Waals surface area contributed by atoms with Crippen molar-refractivity contribution in [2.24, 2.45) is 0 Å². The molecule has 0 aliphatic carbocycles. The Balaban J connectivity index is 2.12. The standard InChI is InChI=1S/C21H30N4OS/c1-6-11-25(5)19-13-18(7-2)23-21(24-19)27-14-16-9-8-10-17(12-16)20(26)22-15(3)4/h8-10,12-13,15H,6-7,11,14H2,1-5H3,(H,22,26). The van der Waals surface area contributed by atoms with Gasteiger partial charge in [-0.15, -0.1) is 0 Å². The normalized spacial score (nSPS) is 10.9. The summed E-state index contributed by atoms with van der Waals surface area (Å²) in [5.74, 6) is 1.66. The molecule has 0 saturated carbocycles. The van der Waals surface area contributed by atoms with E-state index in [1.54, 1.807) is 11.8 Å². The molecule has 0 saturated heterocycles. The largest absolute Gasteiger partial charge is 0.360 e. The number of aromatic nitrogens is 2. The summed E-state index contributed by atoms with van der Waals surface area (Å²) in [5.41, 5.74) is 2.83. The van der Waals surface area contributed by atoms with E-state index < -0.39 is 0 Å². The fourth-order valence-corrected chi connectivity index (χ4v) is 3.46. The Morgan fingerprint density at radius 1 is 1.22 bits per heavy atom. The number of carbonyl (C=O) groups excluding carboxylic acids is 1. The first kappa shape index (κ1) is 21.2. The molecule has 27 heavy (non-hydrogen) atoms. The molecule has 0 radical (unpaired) electrons. The molecule has 146 valence electrons. The molecule has 0 aliphatic rings. The number of thioether (sulfide) groups is 1. The van der Waals surface area contributed by atoms with Crippen molar-refractivity contribution < 1.29 is 4.79 Å². The number of nitrogens with one attached hydrogen (secondary N) is 1. The van der Waals surface area contributed by atoms with Gasteiger partial charge in [0.2, 0.25) is 0 Å². The average Bonchev–Trinajstić information content (AvgIpc) is 2.66. The van der Waals surface area contributed by atoms with E-state index in [1.165, 1.54) is 0 Å². The zero-order chi connectivity index (χ0) is 19.8. The lowest BCUT2D eigenvalue weighted by atomic mass is 10.1. The molecule has 1 amide bonds. The molecule has 2 aromatic rings. The monoisotopic (exact) mass is 386 g/mol. The van der Waals surface area contributed by atoms with Gasteiger partial charge in [-0.25, -0.2) is 9.97 Å². The smallest absolute Gasteiger partial charge is 0.251 e. The van der Waals surface area contributed by atoms with Gasteiger partial charge in [0.05, 0.1) is 0 Å². The van der Waals surface area contributed by atoms with Crippen LogP contribution in [0, 0.1) is 0 Å². The molecule has 0 unspecified atom stereocenters. The Bertz CT molecular complexity index is 764. The van der Waals surface area contributed by atoms with Crippen LogP contribution in [0.4, 0.5) is 5.82 Å². The highest BCUT2D eigenvalue weighted by Crippen LogP contribution is 2.23. The van der Waals surface area contributed by atoms with E-state index in [0.717, 1.165) is 47.4 Å². The Labute approximate surface area is 167 Å². The van der Waals surface area contributed by atoms with E-state index in [-0.39, 0.29) is 11.9 Å². The van der Waals surface area contributed by atoms with E-state index in [9.17, 15) is 4.79 Å². The van der Waals surface area contributed by atoms with Crippen LogP contribution in [-0.2, 0) is 12.2 Å². The van der Waals surface area contributed by atoms with Gasteiger partial charge in [-0.05, 0) is 44.4 Å². The SMILES string of the molecule is CCCN(C)c1cc(CC)nc(SCc2cccc(C(=O)NC(C)C)c2)n1. The van der Waals surface area contributed by atoms with Crippen molar-refractivity contribution in [2.75, 3.05) is 18.5 Å². The summed E-state index contributed by atoms with van der Waals surface area (Å²) in [4.78, 5) is 23.7. The van der Waals surface area contributed by atoms with Crippen molar-refractivity contribution in [3.05, 3.63) is 47.2 Å². The lowest BCUT2D eigenvalue weighted by molar-refractivity contribution is 0.0943. The quantitative estimate of drug-likeness (QED) is 0.514. The van der Waals surface area contributed by atoms with Gasteiger partial charge in [0, 0.05) is 42.7 Å². The lowest BCUT2D eigenvalue weighted by Crippen LogP contribution is -2.30. The third-order valence-corrected chi connectivity index (χ3v) is 4.95. The summed E-state index contributed by atoms with van der Waals surface area (Å²) >= 11 is 1.61. The van der Waals surface area contributed by atoms with Crippen molar-refractivity contribution >= 4 is 23.5 Å². The summed E-state index contributed by atoms with van der Waals surface area (Å²) in [5, 5.41) is 3.71. The van der Waals surface area contributed by atoms with Crippen molar-refractivity contribution in [1.82, 2.24) is 15.3 Å². The fraction of sp³-hybridized carbons (Fsp3) is 0.476. The van der Waals surface area contributed by atoms with E-state index in [4.69, 9.17) is 4.98 Å². The minimum Gasteiger partial charge on any atom is -0.360 e. The number of anilines is 1. The third kappa shape index (κ3) is 6.54. The molecule has 2 rings (SSSR count). The van der Waals surface area contributed by atoms with E-state index in [0.29, 0.717) is 5.56 Å². The van der Waals surface area contributed by atoms with Gasteiger partial charge < -0.3 is 10.2 Å². The zero-order valence-electron chi connectivity index (χ0n) is 17.0. The predicted octanol–water partition coefficient (Wildman–Crippen LogP) is 4.32. The first-order chi connectivity index (χ1) is 12.9. The molecule has 1 N–H and O–H groups in total. The van der Waals surface area contributed by atoms with Crippen molar-refractivity contribution in [2.45, 2.75) is 57.5 Å². The maximum atomic E-state index is 12.2. The summed E-state index contributed by atoms with van der Waals surface area (Å²) < 4.78 is 0. The maximum absolute atomic E-state index is 12.2. The molecule has 0 aliphatic heterocycles. The Morgan fingerprint density at radius 3 is 2.67 bits per heavy atom. The second kappa shape index (κ2) is 10.3. The zero-order valence-corrected chi connectivity index (χ0v) is 17.8. The molecule has 0 bridgehead atoms. The van der Waals surface area contributed by atoms with Crippen LogP contribution in [0.1, 0.15) is 55.7 Å². The second-order valence-corrected chi connectivity index (χ2v) is 7.83. The second-order valence-electron chi connectivity index (χ2n) is 6.89. The average molecular weight is 387 g/mol. The summed E-state index contributed by atoms with van der Waals surface area (Å²) in [6.45, 7) is 9.16. The Kier molecular flexibility index (Phi) is 8.10. The topological polar surface area (TPSA) is 58.1 Å². The summed E-state index contributed by atoms with van der Waals surface area (Å²) in [7, 11) is 2.07. The number of amides is 1. The van der Waals surface area contributed by atoms with Crippen LogP contribution in [-0.4, -0.2) is 35.5 Å². The Morgan fingerprint density at radius 2 is 2.00 bits per heavy atom. The van der Waals surface area contributed by atoms with Gasteiger partial charge in [-0.3, -0.25) is 4.79 Å². The molecule has 0 fully saturated rings. The van der Waals surface area contributed by atoms with Gasteiger partial charge in [-0.2, -0.15) is 0 Å². The van der Waals surface area contributed by atoms with Gasteiger partial charge in [0.25, 0.3) is 5.91 Å². The molecule has 0 atom stereocenters. The lowest BCUT2D eigenvalue weighted by Gasteiger charge is -2.18. The van der Waals surface area contributed by atoms with Crippen molar-refractivity contribution in [3.63, 3.8) is 0 Å². The number of hydrogen-bond donors (Lipinski definition) is 1. The van der Waals surface area contributed by atoms with E-state index in [2.05, 4.69) is 42.2 Å². The highest BCUT2D eigenvalue weighted by molar-refractivity contribution is 7.98. The predicted molar refractivity (Wildman–Crippen MR) is 114 cm³/mol. The first-order valence-corrected chi connectivity index (χ1v) is 10.5. The molecular formula is C21H30N4OS. The minimum absolute atomic E-state index is 0.0374. The van der Waals surface area contributed by atoms with Crippen LogP contribution in [0.2, 0.25) is 0 Å². The van der Waals surface area contributed by atoms with Gasteiger partial charge in [0.15, 0.2) is 5.16 Å². The number of rotatable bonds is 9. The van der Waals surface area contributed by atoms with Crippen LogP contribution in [0.3, 0.4) is 0 Å². The Hall–Kier alpha value is -2.08. The van der Waals surface area contributed by atoms with Gasteiger partial charge in [0.1, 0.15) is 5.82 Å². The third-order valence-electron chi connectivity index (χ3n) is 4.03. The molecule has 5 nitrogen and oxygen atoms in total.